The van der Waals surface area contributed by atoms with E-state index in [0.717, 1.165) is 12.8 Å². The summed E-state index contributed by atoms with van der Waals surface area (Å²) in [6, 6.07) is 4.61. The second kappa shape index (κ2) is 5.47. The van der Waals surface area contributed by atoms with E-state index in [1.54, 1.807) is 12.1 Å². The molecule has 0 unspecified atom stereocenters. The highest BCUT2D eigenvalue weighted by Gasteiger charge is 2.03. The van der Waals surface area contributed by atoms with Gasteiger partial charge in [0.1, 0.15) is 5.75 Å². The van der Waals surface area contributed by atoms with Crippen LogP contribution in [-0.4, -0.2) is 13.7 Å². The molecule has 0 aromatic heterocycles. The molecule has 78 valence electrons. The third-order valence-corrected chi connectivity index (χ3v) is 1.89. The van der Waals surface area contributed by atoms with E-state index in [-0.39, 0.29) is 11.6 Å². The van der Waals surface area contributed by atoms with Crippen LogP contribution in [0.5, 0.6) is 11.5 Å². The summed E-state index contributed by atoms with van der Waals surface area (Å²) >= 11 is 0. The first-order chi connectivity index (χ1) is 6.77. The molecule has 0 heterocycles. The van der Waals surface area contributed by atoms with E-state index in [2.05, 4.69) is 6.92 Å². The first-order valence-corrected chi connectivity index (χ1v) is 4.74. The predicted octanol–water partition coefficient (Wildman–Crippen LogP) is 3.01. The smallest absolute Gasteiger partial charge is 0.168 e. The van der Waals surface area contributed by atoms with Crippen molar-refractivity contribution >= 4 is 0 Å². The van der Waals surface area contributed by atoms with Crippen LogP contribution in [0, 0.1) is 5.82 Å². The van der Waals surface area contributed by atoms with Crippen LogP contribution in [0.15, 0.2) is 18.2 Å². The number of rotatable bonds is 5. The SMILES string of the molecule is CCCCOc1ccc(OC)c(F)c1. The normalized spacial score (nSPS) is 9.93. The summed E-state index contributed by atoms with van der Waals surface area (Å²) in [5.74, 6) is 0.408. The van der Waals surface area contributed by atoms with E-state index in [4.69, 9.17) is 9.47 Å². The first-order valence-electron chi connectivity index (χ1n) is 4.74. The highest BCUT2D eigenvalue weighted by molar-refractivity contribution is 5.32. The molecule has 0 atom stereocenters. The molecule has 0 aliphatic carbocycles. The van der Waals surface area contributed by atoms with Crippen molar-refractivity contribution in [1.82, 2.24) is 0 Å². The van der Waals surface area contributed by atoms with Crippen molar-refractivity contribution < 1.29 is 13.9 Å². The number of unbranched alkanes of at least 4 members (excludes halogenated alkanes) is 1. The van der Waals surface area contributed by atoms with Crippen molar-refractivity contribution in [1.29, 1.82) is 0 Å². The van der Waals surface area contributed by atoms with Crippen LogP contribution in [-0.2, 0) is 0 Å². The molecule has 2 nitrogen and oxygen atoms in total. The molecule has 0 amide bonds. The van der Waals surface area contributed by atoms with E-state index >= 15 is 0 Å². The molecule has 0 saturated heterocycles. The molecule has 1 aromatic rings. The molecule has 0 aliphatic heterocycles. The zero-order chi connectivity index (χ0) is 10.4. The topological polar surface area (TPSA) is 18.5 Å². The molecule has 0 fully saturated rings. The van der Waals surface area contributed by atoms with Crippen molar-refractivity contribution in [2.75, 3.05) is 13.7 Å². The van der Waals surface area contributed by atoms with Gasteiger partial charge in [0, 0.05) is 6.07 Å². The first kappa shape index (κ1) is 10.8. The summed E-state index contributed by atoms with van der Waals surface area (Å²) in [5, 5.41) is 0. The second-order valence-electron chi connectivity index (χ2n) is 3.00. The molecule has 0 saturated carbocycles. The zero-order valence-electron chi connectivity index (χ0n) is 8.55. The summed E-state index contributed by atoms with van der Waals surface area (Å²) in [5.41, 5.74) is 0. The van der Waals surface area contributed by atoms with Crippen molar-refractivity contribution in [3.8, 4) is 11.5 Å². The molecule has 1 aromatic carbocycles. The zero-order valence-corrected chi connectivity index (χ0v) is 8.55. The van der Waals surface area contributed by atoms with Crippen LogP contribution in [0.3, 0.4) is 0 Å². The fraction of sp³-hybridized carbons (Fsp3) is 0.455. The Morgan fingerprint density at radius 3 is 2.71 bits per heavy atom. The number of halogens is 1. The van der Waals surface area contributed by atoms with Crippen LogP contribution in [0.1, 0.15) is 19.8 Å². The minimum atomic E-state index is -0.388. The summed E-state index contributed by atoms with van der Waals surface area (Å²) < 4.78 is 23.3. The van der Waals surface area contributed by atoms with E-state index in [1.165, 1.54) is 13.2 Å². The maximum Gasteiger partial charge on any atom is 0.168 e. The largest absolute Gasteiger partial charge is 0.494 e. The van der Waals surface area contributed by atoms with Gasteiger partial charge in [-0.2, -0.15) is 0 Å². The second-order valence-corrected chi connectivity index (χ2v) is 3.00. The Kier molecular flexibility index (Phi) is 4.23. The number of hydrogen-bond donors (Lipinski definition) is 0. The van der Waals surface area contributed by atoms with Crippen LogP contribution in [0.25, 0.3) is 0 Å². The van der Waals surface area contributed by atoms with Crippen LogP contribution < -0.4 is 9.47 Å². The molecule has 3 heteroatoms. The number of hydrogen-bond acceptors (Lipinski definition) is 2. The van der Waals surface area contributed by atoms with Crippen LogP contribution in [0.4, 0.5) is 4.39 Å². The van der Waals surface area contributed by atoms with E-state index in [1.807, 2.05) is 0 Å². The summed E-state index contributed by atoms with van der Waals surface area (Å²) in [7, 11) is 1.44. The Morgan fingerprint density at radius 1 is 1.36 bits per heavy atom. The van der Waals surface area contributed by atoms with Crippen molar-refractivity contribution in [3.63, 3.8) is 0 Å². The minimum absolute atomic E-state index is 0.243. The molecular formula is C11H15FO2. The molecule has 0 bridgehead atoms. The highest BCUT2D eigenvalue weighted by atomic mass is 19.1. The van der Waals surface area contributed by atoms with E-state index < -0.39 is 0 Å². The summed E-state index contributed by atoms with van der Waals surface area (Å²) in [4.78, 5) is 0. The summed E-state index contributed by atoms with van der Waals surface area (Å²) in [6.45, 7) is 2.71. The minimum Gasteiger partial charge on any atom is -0.494 e. The van der Waals surface area contributed by atoms with E-state index in [0.29, 0.717) is 12.4 Å². The Labute approximate surface area is 83.6 Å². The number of methoxy groups -OCH3 is 1. The quantitative estimate of drug-likeness (QED) is 0.677. The van der Waals surface area contributed by atoms with Crippen molar-refractivity contribution in [2.45, 2.75) is 19.8 Å². The molecule has 0 N–H and O–H groups in total. The third-order valence-electron chi connectivity index (χ3n) is 1.89. The molecule has 0 radical (unpaired) electrons. The Hall–Kier alpha value is -1.25. The average molecular weight is 198 g/mol. The Morgan fingerprint density at radius 2 is 2.14 bits per heavy atom. The van der Waals surface area contributed by atoms with Gasteiger partial charge in [-0.3, -0.25) is 0 Å². The van der Waals surface area contributed by atoms with Gasteiger partial charge >= 0.3 is 0 Å². The standard InChI is InChI=1S/C11H15FO2/c1-3-4-7-14-9-5-6-11(13-2)10(12)8-9/h5-6,8H,3-4,7H2,1-2H3. The lowest BCUT2D eigenvalue weighted by molar-refractivity contribution is 0.305. The van der Waals surface area contributed by atoms with Gasteiger partial charge in [0.15, 0.2) is 11.6 Å². The molecular weight excluding hydrogens is 183 g/mol. The molecule has 1 rings (SSSR count). The van der Waals surface area contributed by atoms with Gasteiger partial charge in [-0.25, -0.2) is 4.39 Å². The van der Waals surface area contributed by atoms with Gasteiger partial charge in [-0.05, 0) is 18.6 Å². The maximum atomic E-state index is 13.2. The third kappa shape index (κ3) is 2.91. The van der Waals surface area contributed by atoms with E-state index in [9.17, 15) is 4.39 Å². The van der Waals surface area contributed by atoms with Crippen LogP contribution >= 0.6 is 0 Å². The fourth-order valence-corrected chi connectivity index (χ4v) is 1.07. The van der Waals surface area contributed by atoms with Crippen molar-refractivity contribution in [2.24, 2.45) is 0 Å². The molecule has 14 heavy (non-hydrogen) atoms. The van der Waals surface area contributed by atoms with Gasteiger partial charge in [-0.1, -0.05) is 13.3 Å². The predicted molar refractivity (Wildman–Crippen MR) is 53.4 cm³/mol. The van der Waals surface area contributed by atoms with Gasteiger partial charge in [0.05, 0.1) is 13.7 Å². The van der Waals surface area contributed by atoms with Crippen molar-refractivity contribution in [3.05, 3.63) is 24.0 Å². The maximum absolute atomic E-state index is 13.2. The van der Waals surface area contributed by atoms with Gasteiger partial charge in [0.25, 0.3) is 0 Å². The van der Waals surface area contributed by atoms with Gasteiger partial charge in [-0.15, -0.1) is 0 Å². The monoisotopic (exact) mass is 198 g/mol. The lowest BCUT2D eigenvalue weighted by atomic mass is 10.3. The lowest BCUT2D eigenvalue weighted by Crippen LogP contribution is -1.97. The average Bonchev–Trinajstić information content (AvgIpc) is 2.18. The lowest BCUT2D eigenvalue weighted by Gasteiger charge is -2.06. The Balaban J connectivity index is 2.57. The fourth-order valence-electron chi connectivity index (χ4n) is 1.07. The number of ether oxygens (including phenoxy) is 2. The Bertz CT molecular complexity index is 287. The molecule has 0 aliphatic rings. The highest BCUT2D eigenvalue weighted by Crippen LogP contribution is 2.22. The van der Waals surface area contributed by atoms with Crippen LogP contribution in [0.2, 0.25) is 0 Å². The number of benzene rings is 1. The molecule has 0 spiro atoms. The van der Waals surface area contributed by atoms with Gasteiger partial charge < -0.3 is 9.47 Å². The van der Waals surface area contributed by atoms with Gasteiger partial charge in [0.2, 0.25) is 0 Å². The summed E-state index contributed by atoms with van der Waals surface area (Å²) in [6.07, 6.45) is 2.05.